The molecule has 56 valence electrons. The molecule has 1 aliphatic carbocycles. The first-order valence-electron chi connectivity index (χ1n) is 3.89. The van der Waals surface area contributed by atoms with Crippen molar-refractivity contribution in [1.82, 2.24) is 0 Å². The van der Waals surface area contributed by atoms with Gasteiger partial charge in [0.15, 0.2) is 5.78 Å². The second-order valence-corrected chi connectivity index (χ2v) is 3.25. The van der Waals surface area contributed by atoms with Gasteiger partial charge in [-0.1, -0.05) is 12.0 Å². The van der Waals surface area contributed by atoms with E-state index in [-0.39, 0.29) is 0 Å². The maximum Gasteiger partial charge on any atom is 0.158 e. The highest BCUT2D eigenvalue weighted by atomic mass is 16.1. The Morgan fingerprint density at radius 2 is 2.00 bits per heavy atom. The third kappa shape index (κ3) is 1.69. The molecule has 1 saturated carbocycles. The van der Waals surface area contributed by atoms with Gasteiger partial charge in [-0.3, -0.25) is 4.79 Å². The van der Waals surface area contributed by atoms with E-state index in [1.807, 2.05) is 13.8 Å². The van der Waals surface area contributed by atoms with Crippen LogP contribution >= 0.6 is 0 Å². The molecule has 0 aromatic heterocycles. The summed E-state index contributed by atoms with van der Waals surface area (Å²) in [5, 5.41) is 0. The molecular formula is C9H14O. The van der Waals surface area contributed by atoms with Gasteiger partial charge in [-0.25, -0.2) is 0 Å². The molecule has 1 aliphatic rings. The van der Waals surface area contributed by atoms with Crippen LogP contribution in [0.15, 0.2) is 11.6 Å². The van der Waals surface area contributed by atoms with Crippen molar-refractivity contribution < 1.29 is 4.79 Å². The maximum atomic E-state index is 11.2. The summed E-state index contributed by atoms with van der Waals surface area (Å²) in [5.74, 6) is 0.709. The molecule has 1 rings (SSSR count). The quantitative estimate of drug-likeness (QED) is 0.535. The SMILES string of the molecule is CC(C)=CC(=O)C1CCC1. The molecule has 1 fully saturated rings. The highest BCUT2D eigenvalue weighted by molar-refractivity contribution is 5.92. The molecule has 1 nitrogen and oxygen atoms in total. The summed E-state index contributed by atoms with van der Waals surface area (Å²) in [5.41, 5.74) is 1.12. The van der Waals surface area contributed by atoms with Crippen molar-refractivity contribution in [2.45, 2.75) is 33.1 Å². The molecule has 10 heavy (non-hydrogen) atoms. The lowest BCUT2D eigenvalue weighted by Crippen LogP contribution is -2.19. The van der Waals surface area contributed by atoms with E-state index in [1.54, 1.807) is 6.08 Å². The van der Waals surface area contributed by atoms with Crippen LogP contribution in [-0.2, 0) is 4.79 Å². The Hall–Kier alpha value is -0.590. The molecule has 1 heteroatoms. The molecule has 0 N–H and O–H groups in total. The Labute approximate surface area is 62.1 Å². The van der Waals surface area contributed by atoms with Gasteiger partial charge < -0.3 is 0 Å². The first-order valence-corrected chi connectivity index (χ1v) is 3.89. The van der Waals surface area contributed by atoms with E-state index in [2.05, 4.69) is 0 Å². The van der Waals surface area contributed by atoms with E-state index in [4.69, 9.17) is 0 Å². The van der Waals surface area contributed by atoms with Gasteiger partial charge in [0.25, 0.3) is 0 Å². The number of allylic oxidation sites excluding steroid dienone is 2. The summed E-state index contributed by atoms with van der Waals surface area (Å²) in [6.07, 6.45) is 5.24. The average molecular weight is 138 g/mol. The molecule has 0 aromatic rings. The molecule has 0 aliphatic heterocycles. The van der Waals surface area contributed by atoms with Gasteiger partial charge in [0.1, 0.15) is 0 Å². The summed E-state index contributed by atoms with van der Waals surface area (Å²) in [4.78, 5) is 11.2. The Balaban J connectivity index is 2.41. The van der Waals surface area contributed by atoms with Crippen molar-refractivity contribution in [3.8, 4) is 0 Å². The lowest BCUT2D eigenvalue weighted by molar-refractivity contribution is -0.120. The minimum Gasteiger partial charge on any atom is -0.295 e. The Bertz CT molecular complexity index is 160. The predicted molar refractivity (Wildman–Crippen MR) is 41.8 cm³/mol. The van der Waals surface area contributed by atoms with E-state index in [0.717, 1.165) is 18.4 Å². The lowest BCUT2D eigenvalue weighted by Gasteiger charge is -2.22. The van der Waals surface area contributed by atoms with Crippen LogP contribution < -0.4 is 0 Å². The maximum absolute atomic E-state index is 11.2. The van der Waals surface area contributed by atoms with Crippen molar-refractivity contribution in [2.24, 2.45) is 5.92 Å². The third-order valence-electron chi connectivity index (χ3n) is 1.94. The lowest BCUT2D eigenvalue weighted by atomic mass is 9.82. The molecule has 0 spiro atoms. The Kier molecular flexibility index (Phi) is 2.25. The molecule has 0 radical (unpaired) electrons. The second kappa shape index (κ2) is 3.00. The van der Waals surface area contributed by atoms with Crippen LogP contribution in [0.4, 0.5) is 0 Å². The summed E-state index contributed by atoms with van der Waals surface area (Å²) >= 11 is 0. The van der Waals surface area contributed by atoms with E-state index in [9.17, 15) is 4.79 Å². The van der Waals surface area contributed by atoms with Crippen LogP contribution in [-0.4, -0.2) is 5.78 Å². The van der Waals surface area contributed by atoms with Gasteiger partial charge >= 0.3 is 0 Å². The van der Waals surface area contributed by atoms with Gasteiger partial charge in [0.2, 0.25) is 0 Å². The van der Waals surface area contributed by atoms with E-state index >= 15 is 0 Å². The standard InChI is InChI=1S/C9H14O/c1-7(2)6-9(10)8-4-3-5-8/h6,8H,3-5H2,1-2H3. The van der Waals surface area contributed by atoms with Gasteiger partial charge in [-0.15, -0.1) is 0 Å². The van der Waals surface area contributed by atoms with Crippen molar-refractivity contribution in [1.29, 1.82) is 0 Å². The molecule has 0 heterocycles. The summed E-state index contributed by atoms with van der Waals surface area (Å²) in [6, 6.07) is 0. The van der Waals surface area contributed by atoms with Crippen LogP contribution in [0.3, 0.4) is 0 Å². The third-order valence-corrected chi connectivity index (χ3v) is 1.94. The summed E-state index contributed by atoms with van der Waals surface area (Å²) in [7, 11) is 0. The molecule has 0 unspecified atom stereocenters. The first-order chi connectivity index (χ1) is 4.70. The van der Waals surface area contributed by atoms with Gasteiger partial charge in [0.05, 0.1) is 0 Å². The number of hydrogen-bond acceptors (Lipinski definition) is 1. The molecule has 0 amide bonds. The van der Waals surface area contributed by atoms with Crippen molar-refractivity contribution in [3.05, 3.63) is 11.6 Å². The van der Waals surface area contributed by atoms with Crippen LogP contribution in [0, 0.1) is 5.92 Å². The number of rotatable bonds is 2. The number of hydrogen-bond donors (Lipinski definition) is 0. The Morgan fingerprint density at radius 1 is 1.40 bits per heavy atom. The monoisotopic (exact) mass is 138 g/mol. The molecule has 0 bridgehead atoms. The number of carbonyl (C=O) groups excluding carboxylic acids is 1. The zero-order chi connectivity index (χ0) is 7.56. The number of carbonyl (C=O) groups is 1. The van der Waals surface area contributed by atoms with E-state index in [1.165, 1.54) is 6.42 Å². The molecular weight excluding hydrogens is 124 g/mol. The average Bonchev–Trinajstić information content (AvgIpc) is 1.55. The highest BCUT2D eigenvalue weighted by Crippen LogP contribution is 2.27. The van der Waals surface area contributed by atoms with E-state index in [0.29, 0.717) is 11.7 Å². The van der Waals surface area contributed by atoms with Crippen molar-refractivity contribution >= 4 is 5.78 Å². The Morgan fingerprint density at radius 3 is 2.30 bits per heavy atom. The first kappa shape index (κ1) is 7.52. The smallest absolute Gasteiger partial charge is 0.158 e. The van der Waals surface area contributed by atoms with Crippen LogP contribution in [0.5, 0.6) is 0 Å². The van der Waals surface area contributed by atoms with Crippen LogP contribution in [0.25, 0.3) is 0 Å². The van der Waals surface area contributed by atoms with Gasteiger partial charge in [-0.2, -0.15) is 0 Å². The zero-order valence-electron chi connectivity index (χ0n) is 6.68. The van der Waals surface area contributed by atoms with Gasteiger partial charge in [0, 0.05) is 5.92 Å². The largest absolute Gasteiger partial charge is 0.295 e. The number of ketones is 1. The van der Waals surface area contributed by atoms with Gasteiger partial charge in [-0.05, 0) is 32.8 Å². The van der Waals surface area contributed by atoms with Crippen LogP contribution in [0.1, 0.15) is 33.1 Å². The normalized spacial score (nSPS) is 17.8. The van der Waals surface area contributed by atoms with Crippen molar-refractivity contribution in [2.75, 3.05) is 0 Å². The fourth-order valence-electron chi connectivity index (χ4n) is 1.10. The summed E-state index contributed by atoms with van der Waals surface area (Å²) in [6.45, 7) is 3.94. The van der Waals surface area contributed by atoms with Crippen LogP contribution in [0.2, 0.25) is 0 Å². The second-order valence-electron chi connectivity index (χ2n) is 3.25. The minimum atomic E-state index is 0.339. The van der Waals surface area contributed by atoms with Crippen molar-refractivity contribution in [3.63, 3.8) is 0 Å². The fraction of sp³-hybridized carbons (Fsp3) is 0.667. The topological polar surface area (TPSA) is 17.1 Å². The fourth-order valence-corrected chi connectivity index (χ4v) is 1.10. The molecule has 0 aromatic carbocycles. The predicted octanol–water partition coefficient (Wildman–Crippen LogP) is 2.32. The minimum absolute atomic E-state index is 0.339. The zero-order valence-corrected chi connectivity index (χ0v) is 6.68. The van der Waals surface area contributed by atoms with E-state index < -0.39 is 0 Å². The molecule has 0 saturated heterocycles. The molecule has 0 atom stereocenters. The highest BCUT2D eigenvalue weighted by Gasteiger charge is 2.22. The summed E-state index contributed by atoms with van der Waals surface area (Å²) < 4.78 is 0.